The van der Waals surface area contributed by atoms with E-state index in [2.05, 4.69) is 36.4 Å². The molecule has 180 valence electrons. The highest BCUT2D eigenvalue weighted by Gasteiger charge is 2.38. The zero-order chi connectivity index (χ0) is 24.6. The predicted octanol–water partition coefficient (Wildman–Crippen LogP) is 4.18. The van der Waals surface area contributed by atoms with Crippen molar-refractivity contribution in [2.24, 2.45) is 0 Å². The molecule has 4 aromatic rings. The van der Waals surface area contributed by atoms with Crippen LogP contribution in [-0.2, 0) is 6.54 Å². The van der Waals surface area contributed by atoms with Crippen LogP contribution < -0.4 is 10.2 Å². The molecule has 0 aliphatic carbocycles. The van der Waals surface area contributed by atoms with Gasteiger partial charge in [-0.25, -0.2) is 13.8 Å². The first-order chi connectivity index (χ1) is 16.8. The number of halogens is 2. The molecular formula is C25H25F2N7O. The van der Waals surface area contributed by atoms with Crippen LogP contribution >= 0.6 is 0 Å². The van der Waals surface area contributed by atoms with E-state index in [0.717, 1.165) is 28.8 Å². The number of anilines is 2. The Balaban J connectivity index is 1.39. The van der Waals surface area contributed by atoms with Crippen LogP contribution in [0.25, 0.3) is 22.0 Å². The number of nitrogens with zero attached hydrogens (tertiary/aromatic N) is 5. The molecule has 2 N–H and O–H groups in total. The Labute approximate surface area is 201 Å². The maximum absolute atomic E-state index is 13.6. The molecule has 4 heterocycles. The predicted molar refractivity (Wildman–Crippen MR) is 131 cm³/mol. The van der Waals surface area contributed by atoms with Crippen LogP contribution in [0.5, 0.6) is 0 Å². The van der Waals surface area contributed by atoms with Gasteiger partial charge >= 0.3 is 0 Å². The molecule has 1 fully saturated rings. The lowest BCUT2D eigenvalue weighted by molar-refractivity contribution is 0.0256. The zero-order valence-electron chi connectivity index (χ0n) is 19.4. The Morgan fingerprint density at radius 3 is 2.80 bits per heavy atom. The molecule has 0 saturated carbocycles. The van der Waals surface area contributed by atoms with Crippen molar-refractivity contribution in [3.05, 3.63) is 66.2 Å². The molecule has 1 amide bonds. The second-order valence-electron chi connectivity index (χ2n) is 9.04. The number of amides is 1. The van der Waals surface area contributed by atoms with E-state index in [-0.39, 0.29) is 25.2 Å². The lowest BCUT2D eigenvalue weighted by Gasteiger charge is -2.17. The lowest BCUT2D eigenvalue weighted by atomic mass is 10.0. The van der Waals surface area contributed by atoms with Gasteiger partial charge in [0, 0.05) is 60.8 Å². The monoisotopic (exact) mass is 477 g/mol. The summed E-state index contributed by atoms with van der Waals surface area (Å²) in [6.07, 6.45) is 4.92. The van der Waals surface area contributed by atoms with Gasteiger partial charge in [0.2, 0.25) is 0 Å². The average molecular weight is 478 g/mol. The number of benzene rings is 1. The standard InChI is InChI=1S/C25H25F2N7O/c1-33(2)14-16-9-18(13-28-12-16)17-3-4-21-20(10-17)23(32-31-21)24(35)30-19-5-7-29-22(11-19)34-8-6-25(26,27)15-34/h3-5,7,9-13H,6,8,14-15H2,1-2H3,(H,31,32)(H,29,30,35). The molecule has 1 saturated heterocycles. The molecule has 10 heteroatoms. The molecule has 5 rings (SSSR count). The first-order valence-corrected chi connectivity index (χ1v) is 11.2. The van der Waals surface area contributed by atoms with Crippen LogP contribution in [0.15, 0.2) is 55.0 Å². The Bertz CT molecular complexity index is 1390. The third-order valence-electron chi connectivity index (χ3n) is 5.90. The Morgan fingerprint density at radius 2 is 2.03 bits per heavy atom. The van der Waals surface area contributed by atoms with Gasteiger partial charge in [0.15, 0.2) is 5.69 Å². The van der Waals surface area contributed by atoms with Crippen molar-refractivity contribution < 1.29 is 13.6 Å². The van der Waals surface area contributed by atoms with Gasteiger partial charge in [0.25, 0.3) is 11.8 Å². The number of hydrogen-bond acceptors (Lipinski definition) is 6. The highest BCUT2D eigenvalue weighted by Crippen LogP contribution is 2.31. The third kappa shape index (κ3) is 4.97. The summed E-state index contributed by atoms with van der Waals surface area (Å²) in [6, 6.07) is 11.0. The van der Waals surface area contributed by atoms with E-state index in [1.54, 1.807) is 18.3 Å². The van der Waals surface area contributed by atoms with Crippen molar-refractivity contribution in [1.82, 2.24) is 25.1 Å². The van der Waals surface area contributed by atoms with Crippen molar-refractivity contribution >= 4 is 28.3 Å². The van der Waals surface area contributed by atoms with E-state index in [4.69, 9.17) is 0 Å². The molecule has 1 aromatic carbocycles. The fourth-order valence-electron chi connectivity index (χ4n) is 4.25. The number of hydrogen-bond donors (Lipinski definition) is 2. The second kappa shape index (κ2) is 9.03. The number of nitrogens with one attached hydrogen (secondary N) is 2. The number of pyridine rings is 2. The first-order valence-electron chi connectivity index (χ1n) is 11.2. The summed E-state index contributed by atoms with van der Waals surface area (Å²) in [7, 11) is 4.00. The minimum atomic E-state index is -2.73. The summed E-state index contributed by atoms with van der Waals surface area (Å²) >= 11 is 0. The van der Waals surface area contributed by atoms with Crippen LogP contribution in [-0.4, -0.2) is 64.1 Å². The van der Waals surface area contributed by atoms with E-state index in [9.17, 15) is 13.6 Å². The molecule has 0 unspecified atom stereocenters. The average Bonchev–Trinajstić information content (AvgIpc) is 3.41. The summed E-state index contributed by atoms with van der Waals surface area (Å²) in [5.74, 6) is -2.73. The van der Waals surface area contributed by atoms with Gasteiger partial charge in [-0.05, 0) is 49.5 Å². The van der Waals surface area contributed by atoms with Gasteiger partial charge in [-0.15, -0.1) is 0 Å². The lowest BCUT2D eigenvalue weighted by Crippen LogP contribution is -2.25. The number of H-pyrrole nitrogens is 1. The first kappa shape index (κ1) is 22.9. The van der Waals surface area contributed by atoms with E-state index >= 15 is 0 Å². The normalized spacial score (nSPS) is 15.2. The summed E-state index contributed by atoms with van der Waals surface area (Å²) in [6.45, 7) is 0.606. The van der Waals surface area contributed by atoms with Gasteiger partial charge < -0.3 is 15.1 Å². The Morgan fingerprint density at radius 1 is 1.17 bits per heavy atom. The number of alkyl halides is 2. The summed E-state index contributed by atoms with van der Waals surface area (Å²) < 4.78 is 27.2. The van der Waals surface area contributed by atoms with E-state index in [0.29, 0.717) is 16.9 Å². The highest BCUT2D eigenvalue weighted by molar-refractivity contribution is 6.11. The second-order valence-corrected chi connectivity index (χ2v) is 9.04. The van der Waals surface area contributed by atoms with Gasteiger partial charge in [0.1, 0.15) is 5.82 Å². The molecule has 0 spiro atoms. The topological polar surface area (TPSA) is 90.0 Å². The highest BCUT2D eigenvalue weighted by atomic mass is 19.3. The molecule has 0 atom stereocenters. The van der Waals surface area contributed by atoms with Crippen molar-refractivity contribution in [3.63, 3.8) is 0 Å². The number of carbonyl (C=O) groups is 1. The number of aromatic amines is 1. The maximum Gasteiger partial charge on any atom is 0.276 e. The fraction of sp³-hybridized carbons (Fsp3) is 0.280. The number of carbonyl (C=O) groups excluding carboxylic acids is 1. The zero-order valence-corrected chi connectivity index (χ0v) is 19.4. The quantitative estimate of drug-likeness (QED) is 0.433. The summed E-state index contributed by atoms with van der Waals surface area (Å²) in [5.41, 5.74) is 4.38. The molecule has 1 aliphatic heterocycles. The van der Waals surface area contributed by atoms with Crippen molar-refractivity contribution in [2.45, 2.75) is 18.9 Å². The number of aromatic nitrogens is 4. The third-order valence-corrected chi connectivity index (χ3v) is 5.90. The van der Waals surface area contributed by atoms with Gasteiger partial charge in [-0.2, -0.15) is 5.10 Å². The van der Waals surface area contributed by atoms with Crippen LogP contribution in [0.3, 0.4) is 0 Å². The van der Waals surface area contributed by atoms with Crippen LogP contribution in [0.2, 0.25) is 0 Å². The largest absolute Gasteiger partial charge is 0.350 e. The SMILES string of the molecule is CN(C)Cc1cncc(-c2ccc3[nH]nc(C(=O)Nc4ccnc(N5CCC(F)(F)C5)c4)c3c2)c1. The van der Waals surface area contributed by atoms with E-state index < -0.39 is 11.8 Å². The van der Waals surface area contributed by atoms with Gasteiger partial charge in [-0.3, -0.25) is 14.9 Å². The summed E-state index contributed by atoms with van der Waals surface area (Å²) in [5, 5.41) is 10.6. The smallest absolute Gasteiger partial charge is 0.276 e. The van der Waals surface area contributed by atoms with Gasteiger partial charge in [-0.1, -0.05) is 6.07 Å². The van der Waals surface area contributed by atoms with Gasteiger partial charge in [0.05, 0.1) is 12.1 Å². The molecule has 35 heavy (non-hydrogen) atoms. The van der Waals surface area contributed by atoms with Crippen LogP contribution in [0, 0.1) is 0 Å². The maximum atomic E-state index is 13.6. The van der Waals surface area contributed by atoms with Crippen LogP contribution in [0.4, 0.5) is 20.3 Å². The summed E-state index contributed by atoms with van der Waals surface area (Å²) in [4.78, 5) is 25.2. The molecule has 0 bridgehead atoms. The molecule has 0 radical (unpaired) electrons. The molecule has 1 aliphatic rings. The Kier molecular flexibility index (Phi) is 5.89. The van der Waals surface area contributed by atoms with Crippen molar-refractivity contribution in [1.29, 1.82) is 0 Å². The van der Waals surface area contributed by atoms with E-state index in [1.807, 2.05) is 38.5 Å². The van der Waals surface area contributed by atoms with Crippen molar-refractivity contribution in [3.8, 4) is 11.1 Å². The van der Waals surface area contributed by atoms with Crippen molar-refractivity contribution in [2.75, 3.05) is 37.4 Å². The molecule has 8 nitrogen and oxygen atoms in total. The molecular weight excluding hydrogens is 452 g/mol. The van der Waals surface area contributed by atoms with Crippen LogP contribution in [0.1, 0.15) is 22.5 Å². The minimum Gasteiger partial charge on any atom is -0.350 e. The molecule has 3 aromatic heterocycles. The Hall–Kier alpha value is -3.92. The van der Waals surface area contributed by atoms with E-state index in [1.165, 1.54) is 11.1 Å². The minimum absolute atomic E-state index is 0.208. The number of rotatable bonds is 6. The fourth-order valence-corrected chi connectivity index (χ4v) is 4.25. The number of fused-ring (bicyclic) bond motifs is 1.